The molecule has 1 aromatic carbocycles. The summed E-state index contributed by atoms with van der Waals surface area (Å²) in [6.45, 7) is 2.96. The standard InChI is InChI=1S/C14H17N3O/c1-14(7-4-8-14)9-15-13(18)12-10-5-2-3-6-11(10)16-17-12/h2-3,5-6H,4,7-9H2,1H3,(H,15,18)(H,16,17). The first-order chi connectivity index (χ1) is 8.68. The van der Waals surface area contributed by atoms with Gasteiger partial charge < -0.3 is 5.32 Å². The van der Waals surface area contributed by atoms with Crippen molar-refractivity contribution >= 4 is 16.8 Å². The van der Waals surface area contributed by atoms with Gasteiger partial charge in [-0.25, -0.2) is 0 Å². The Bertz CT molecular complexity index is 583. The lowest BCUT2D eigenvalue weighted by atomic mass is 9.70. The third kappa shape index (κ3) is 1.88. The Morgan fingerprint density at radius 1 is 1.44 bits per heavy atom. The minimum atomic E-state index is -0.0828. The lowest BCUT2D eigenvalue weighted by molar-refractivity contribution is 0.0887. The zero-order chi connectivity index (χ0) is 12.6. The highest BCUT2D eigenvalue weighted by Crippen LogP contribution is 2.39. The fourth-order valence-electron chi connectivity index (χ4n) is 2.47. The number of H-pyrrole nitrogens is 1. The smallest absolute Gasteiger partial charge is 0.272 e. The molecule has 2 aromatic rings. The summed E-state index contributed by atoms with van der Waals surface area (Å²) in [5, 5.41) is 10.9. The number of nitrogens with one attached hydrogen (secondary N) is 2. The molecule has 1 amide bonds. The topological polar surface area (TPSA) is 57.8 Å². The zero-order valence-corrected chi connectivity index (χ0v) is 10.5. The fourth-order valence-corrected chi connectivity index (χ4v) is 2.47. The fraction of sp³-hybridized carbons (Fsp3) is 0.429. The van der Waals surface area contributed by atoms with Crippen molar-refractivity contribution in [2.45, 2.75) is 26.2 Å². The molecule has 3 rings (SSSR count). The molecule has 1 saturated carbocycles. The van der Waals surface area contributed by atoms with Crippen molar-refractivity contribution in [3.63, 3.8) is 0 Å². The average molecular weight is 243 g/mol. The zero-order valence-electron chi connectivity index (χ0n) is 10.5. The second-order valence-electron chi connectivity index (χ2n) is 5.46. The van der Waals surface area contributed by atoms with Crippen molar-refractivity contribution in [2.75, 3.05) is 6.54 Å². The highest BCUT2D eigenvalue weighted by Gasteiger charge is 2.32. The van der Waals surface area contributed by atoms with Gasteiger partial charge in [0, 0.05) is 11.9 Å². The van der Waals surface area contributed by atoms with Crippen molar-refractivity contribution in [3.05, 3.63) is 30.0 Å². The summed E-state index contributed by atoms with van der Waals surface area (Å²) < 4.78 is 0. The Morgan fingerprint density at radius 3 is 2.94 bits per heavy atom. The maximum Gasteiger partial charge on any atom is 0.272 e. The van der Waals surface area contributed by atoms with Crippen molar-refractivity contribution in [2.24, 2.45) is 5.41 Å². The van der Waals surface area contributed by atoms with Crippen LogP contribution in [-0.2, 0) is 0 Å². The van der Waals surface area contributed by atoms with Gasteiger partial charge in [0.2, 0.25) is 0 Å². The molecule has 1 fully saturated rings. The van der Waals surface area contributed by atoms with Gasteiger partial charge in [-0.3, -0.25) is 9.89 Å². The van der Waals surface area contributed by atoms with E-state index in [2.05, 4.69) is 22.4 Å². The molecule has 4 heteroatoms. The van der Waals surface area contributed by atoms with Crippen LogP contribution in [-0.4, -0.2) is 22.6 Å². The predicted octanol–water partition coefficient (Wildman–Crippen LogP) is 2.48. The van der Waals surface area contributed by atoms with Crippen molar-refractivity contribution in [3.8, 4) is 0 Å². The first-order valence-electron chi connectivity index (χ1n) is 6.39. The van der Waals surface area contributed by atoms with Gasteiger partial charge in [0.15, 0.2) is 5.69 Å². The molecule has 18 heavy (non-hydrogen) atoms. The Kier molecular flexibility index (Phi) is 2.58. The summed E-state index contributed by atoms with van der Waals surface area (Å²) in [6, 6.07) is 7.69. The number of aromatic nitrogens is 2. The van der Waals surface area contributed by atoms with Gasteiger partial charge in [-0.2, -0.15) is 5.10 Å². The summed E-state index contributed by atoms with van der Waals surface area (Å²) in [5.74, 6) is -0.0828. The number of nitrogens with zero attached hydrogens (tertiary/aromatic N) is 1. The second kappa shape index (κ2) is 4.12. The van der Waals surface area contributed by atoms with Gasteiger partial charge in [0.1, 0.15) is 0 Å². The number of hydrogen-bond acceptors (Lipinski definition) is 2. The number of amides is 1. The highest BCUT2D eigenvalue weighted by molar-refractivity contribution is 6.04. The van der Waals surface area contributed by atoms with E-state index in [4.69, 9.17) is 0 Å². The number of hydrogen-bond donors (Lipinski definition) is 2. The van der Waals surface area contributed by atoms with Gasteiger partial charge in [-0.1, -0.05) is 31.5 Å². The van der Waals surface area contributed by atoms with Crippen LogP contribution in [0.25, 0.3) is 10.9 Å². The maximum atomic E-state index is 12.1. The lowest BCUT2D eigenvalue weighted by Gasteiger charge is -2.38. The molecular weight excluding hydrogens is 226 g/mol. The highest BCUT2D eigenvalue weighted by atomic mass is 16.1. The number of fused-ring (bicyclic) bond motifs is 1. The molecule has 0 unspecified atom stereocenters. The number of aromatic amines is 1. The summed E-state index contributed by atoms with van der Waals surface area (Å²) >= 11 is 0. The van der Waals surface area contributed by atoms with Crippen LogP contribution < -0.4 is 5.32 Å². The van der Waals surface area contributed by atoms with E-state index in [-0.39, 0.29) is 5.91 Å². The van der Waals surface area contributed by atoms with Crippen LogP contribution in [0.15, 0.2) is 24.3 Å². The Morgan fingerprint density at radius 2 is 2.22 bits per heavy atom. The van der Waals surface area contributed by atoms with Crippen LogP contribution in [0.3, 0.4) is 0 Å². The average Bonchev–Trinajstić information content (AvgIpc) is 2.77. The van der Waals surface area contributed by atoms with Crippen molar-refractivity contribution in [1.82, 2.24) is 15.5 Å². The maximum absolute atomic E-state index is 12.1. The van der Waals surface area contributed by atoms with Crippen LogP contribution >= 0.6 is 0 Å². The number of benzene rings is 1. The Balaban J connectivity index is 1.75. The van der Waals surface area contributed by atoms with Crippen molar-refractivity contribution < 1.29 is 4.79 Å². The second-order valence-corrected chi connectivity index (χ2v) is 5.46. The summed E-state index contributed by atoms with van der Waals surface area (Å²) in [5.41, 5.74) is 1.69. The molecular formula is C14H17N3O. The molecule has 0 aliphatic heterocycles. The molecule has 0 bridgehead atoms. The van der Waals surface area contributed by atoms with E-state index < -0.39 is 0 Å². The molecule has 0 spiro atoms. The molecule has 1 aliphatic rings. The monoisotopic (exact) mass is 243 g/mol. The van der Waals surface area contributed by atoms with E-state index in [1.807, 2.05) is 24.3 Å². The van der Waals surface area contributed by atoms with Crippen LogP contribution in [0.2, 0.25) is 0 Å². The van der Waals surface area contributed by atoms with E-state index in [1.165, 1.54) is 19.3 Å². The molecule has 0 saturated heterocycles. The first kappa shape index (κ1) is 11.3. The van der Waals surface area contributed by atoms with Gasteiger partial charge in [-0.05, 0) is 24.3 Å². The quantitative estimate of drug-likeness (QED) is 0.870. The van der Waals surface area contributed by atoms with Gasteiger partial charge >= 0.3 is 0 Å². The molecule has 2 N–H and O–H groups in total. The van der Waals surface area contributed by atoms with Crippen LogP contribution in [0.1, 0.15) is 36.7 Å². The van der Waals surface area contributed by atoms with E-state index in [9.17, 15) is 4.79 Å². The van der Waals surface area contributed by atoms with E-state index in [0.29, 0.717) is 11.1 Å². The van der Waals surface area contributed by atoms with Gasteiger partial charge in [0.05, 0.1) is 5.52 Å². The first-order valence-corrected chi connectivity index (χ1v) is 6.39. The molecule has 4 nitrogen and oxygen atoms in total. The molecule has 0 radical (unpaired) electrons. The van der Waals surface area contributed by atoms with E-state index in [0.717, 1.165) is 17.4 Å². The Hall–Kier alpha value is -1.84. The summed E-state index contributed by atoms with van der Waals surface area (Å²) in [6.07, 6.45) is 3.68. The molecule has 1 heterocycles. The SMILES string of the molecule is CC1(CNC(=O)c2n[nH]c3ccccc23)CCC1. The minimum Gasteiger partial charge on any atom is -0.350 e. The van der Waals surface area contributed by atoms with Crippen molar-refractivity contribution in [1.29, 1.82) is 0 Å². The van der Waals surface area contributed by atoms with Crippen LogP contribution in [0.5, 0.6) is 0 Å². The lowest BCUT2D eigenvalue weighted by Crippen LogP contribution is -2.40. The normalized spacial score (nSPS) is 17.4. The number of para-hydroxylation sites is 1. The number of rotatable bonds is 3. The number of carbonyl (C=O) groups is 1. The largest absolute Gasteiger partial charge is 0.350 e. The van der Waals surface area contributed by atoms with Crippen LogP contribution in [0.4, 0.5) is 0 Å². The molecule has 0 atom stereocenters. The van der Waals surface area contributed by atoms with E-state index in [1.54, 1.807) is 0 Å². The minimum absolute atomic E-state index is 0.0828. The van der Waals surface area contributed by atoms with Crippen LogP contribution in [0, 0.1) is 5.41 Å². The van der Waals surface area contributed by atoms with Gasteiger partial charge in [-0.15, -0.1) is 0 Å². The number of carbonyl (C=O) groups excluding carboxylic acids is 1. The molecule has 94 valence electrons. The summed E-state index contributed by atoms with van der Waals surface area (Å²) in [7, 11) is 0. The predicted molar refractivity (Wildman–Crippen MR) is 70.4 cm³/mol. The molecule has 1 aliphatic carbocycles. The Labute approximate surface area is 106 Å². The third-order valence-corrected chi connectivity index (χ3v) is 3.92. The third-order valence-electron chi connectivity index (χ3n) is 3.92. The molecule has 1 aromatic heterocycles. The van der Waals surface area contributed by atoms with E-state index >= 15 is 0 Å². The van der Waals surface area contributed by atoms with Gasteiger partial charge in [0.25, 0.3) is 5.91 Å². The summed E-state index contributed by atoms with van der Waals surface area (Å²) in [4.78, 5) is 12.1.